The number of hydrogen-bond donors (Lipinski definition) is 1. The molecule has 1 saturated heterocycles. The molecule has 94 valence electrons. The first-order chi connectivity index (χ1) is 8.33. The van der Waals surface area contributed by atoms with Crippen LogP contribution in [0.1, 0.15) is 31.4 Å². The summed E-state index contributed by atoms with van der Waals surface area (Å²) in [7, 11) is 2.01. The van der Waals surface area contributed by atoms with E-state index >= 15 is 0 Å². The molecule has 1 aromatic heterocycles. The van der Waals surface area contributed by atoms with Crippen molar-refractivity contribution in [1.29, 1.82) is 0 Å². The minimum Gasteiger partial charge on any atom is -0.308 e. The highest BCUT2D eigenvalue weighted by Gasteiger charge is 2.31. The summed E-state index contributed by atoms with van der Waals surface area (Å²) in [6.07, 6.45) is 7.34. The number of likely N-dealkylation sites (tertiary alicyclic amines) is 1. The van der Waals surface area contributed by atoms with Gasteiger partial charge in [-0.25, -0.2) is 0 Å². The third-order valence-electron chi connectivity index (χ3n) is 4.09. The lowest BCUT2D eigenvalue weighted by Gasteiger charge is -2.32. The van der Waals surface area contributed by atoms with Crippen molar-refractivity contribution in [3.05, 3.63) is 18.0 Å². The van der Waals surface area contributed by atoms with E-state index in [-0.39, 0.29) is 0 Å². The van der Waals surface area contributed by atoms with Gasteiger partial charge in [-0.3, -0.25) is 4.68 Å². The second kappa shape index (κ2) is 4.78. The lowest BCUT2D eigenvalue weighted by atomic mass is 10.0. The number of aromatic nitrogens is 2. The van der Waals surface area contributed by atoms with Gasteiger partial charge in [0.25, 0.3) is 0 Å². The first-order valence-corrected chi connectivity index (χ1v) is 6.77. The number of nitrogens with one attached hydrogen (secondary N) is 1. The third kappa shape index (κ3) is 2.69. The Morgan fingerprint density at radius 3 is 2.65 bits per heavy atom. The van der Waals surface area contributed by atoms with Gasteiger partial charge in [-0.1, -0.05) is 0 Å². The fourth-order valence-electron chi connectivity index (χ4n) is 2.73. The fourth-order valence-corrected chi connectivity index (χ4v) is 2.73. The zero-order valence-electron chi connectivity index (χ0n) is 10.6. The summed E-state index contributed by atoms with van der Waals surface area (Å²) in [6, 6.07) is 3.72. The second-order valence-corrected chi connectivity index (χ2v) is 5.37. The summed E-state index contributed by atoms with van der Waals surface area (Å²) in [5.74, 6) is 0. The second-order valence-electron chi connectivity index (χ2n) is 5.37. The first-order valence-electron chi connectivity index (χ1n) is 6.77. The molecule has 1 aliphatic carbocycles. The molecule has 1 saturated carbocycles. The summed E-state index contributed by atoms with van der Waals surface area (Å²) in [6.45, 7) is 3.52. The molecule has 3 rings (SSSR count). The van der Waals surface area contributed by atoms with Crippen LogP contribution in [0.2, 0.25) is 0 Å². The molecular weight excluding hydrogens is 212 g/mol. The fraction of sp³-hybridized carbons (Fsp3) is 0.769. The molecule has 2 aliphatic rings. The van der Waals surface area contributed by atoms with Crippen molar-refractivity contribution in [2.75, 3.05) is 13.1 Å². The molecule has 1 aliphatic heterocycles. The van der Waals surface area contributed by atoms with Crippen LogP contribution in [0.5, 0.6) is 0 Å². The Bertz CT molecular complexity index is 361. The van der Waals surface area contributed by atoms with E-state index in [1.807, 2.05) is 17.9 Å². The van der Waals surface area contributed by atoms with E-state index in [1.54, 1.807) is 0 Å². The minimum absolute atomic E-state index is 0.694. The molecule has 2 heterocycles. The summed E-state index contributed by atoms with van der Waals surface area (Å²) < 4.78 is 1.95. The van der Waals surface area contributed by atoms with Gasteiger partial charge in [0, 0.05) is 31.9 Å². The molecule has 0 amide bonds. The lowest BCUT2D eigenvalue weighted by molar-refractivity contribution is 0.188. The van der Waals surface area contributed by atoms with Crippen LogP contribution in [0.25, 0.3) is 0 Å². The van der Waals surface area contributed by atoms with Crippen molar-refractivity contribution in [3.8, 4) is 0 Å². The van der Waals surface area contributed by atoms with Gasteiger partial charge in [0.1, 0.15) is 0 Å². The zero-order valence-corrected chi connectivity index (χ0v) is 10.6. The van der Waals surface area contributed by atoms with Gasteiger partial charge in [0.15, 0.2) is 0 Å². The molecular formula is C13H22N4. The van der Waals surface area contributed by atoms with E-state index in [0.717, 1.165) is 12.6 Å². The van der Waals surface area contributed by atoms with Crippen molar-refractivity contribution in [2.24, 2.45) is 7.05 Å². The van der Waals surface area contributed by atoms with Crippen LogP contribution in [-0.4, -0.2) is 39.9 Å². The predicted octanol–water partition coefficient (Wildman–Crippen LogP) is 1.14. The van der Waals surface area contributed by atoms with Crippen LogP contribution in [-0.2, 0) is 13.6 Å². The van der Waals surface area contributed by atoms with Crippen LogP contribution >= 0.6 is 0 Å². The Kier molecular flexibility index (Phi) is 3.16. The van der Waals surface area contributed by atoms with Gasteiger partial charge in [0.2, 0.25) is 0 Å². The van der Waals surface area contributed by atoms with Gasteiger partial charge in [-0.2, -0.15) is 5.10 Å². The molecule has 1 N–H and O–H groups in total. The highest BCUT2D eigenvalue weighted by atomic mass is 15.3. The maximum absolute atomic E-state index is 4.19. The van der Waals surface area contributed by atoms with Gasteiger partial charge < -0.3 is 10.2 Å². The van der Waals surface area contributed by atoms with Gasteiger partial charge >= 0.3 is 0 Å². The summed E-state index contributed by atoms with van der Waals surface area (Å²) in [4.78, 5) is 2.67. The van der Waals surface area contributed by atoms with Crippen molar-refractivity contribution in [1.82, 2.24) is 20.0 Å². The topological polar surface area (TPSA) is 33.1 Å². The molecule has 1 aromatic rings. The largest absolute Gasteiger partial charge is 0.308 e. The number of aryl methyl sites for hydroxylation is 1. The zero-order chi connectivity index (χ0) is 11.7. The lowest BCUT2D eigenvalue weighted by Crippen LogP contribution is -2.43. The molecule has 0 bridgehead atoms. The standard InChI is InChI=1S/C13H22N4/c1-16-13(4-7-15-16)10-14-11-5-8-17(9-6-11)12-2-3-12/h4,7,11-12,14H,2-3,5-6,8-10H2,1H3. The minimum atomic E-state index is 0.694. The summed E-state index contributed by atoms with van der Waals surface area (Å²) >= 11 is 0. The highest BCUT2D eigenvalue weighted by molar-refractivity contribution is 5.00. The van der Waals surface area contributed by atoms with E-state index in [4.69, 9.17) is 0 Å². The molecule has 4 nitrogen and oxygen atoms in total. The van der Waals surface area contributed by atoms with Crippen molar-refractivity contribution >= 4 is 0 Å². The predicted molar refractivity (Wildman–Crippen MR) is 67.7 cm³/mol. The molecule has 0 radical (unpaired) electrons. The summed E-state index contributed by atoms with van der Waals surface area (Å²) in [5, 5.41) is 7.85. The van der Waals surface area contributed by atoms with E-state index in [1.165, 1.54) is 44.5 Å². The monoisotopic (exact) mass is 234 g/mol. The Labute approximate surface area is 103 Å². The average Bonchev–Trinajstić information content (AvgIpc) is 3.12. The molecule has 17 heavy (non-hydrogen) atoms. The first kappa shape index (κ1) is 11.2. The average molecular weight is 234 g/mol. The number of hydrogen-bond acceptors (Lipinski definition) is 3. The normalized spacial score (nSPS) is 23.1. The van der Waals surface area contributed by atoms with E-state index in [9.17, 15) is 0 Å². The van der Waals surface area contributed by atoms with Crippen molar-refractivity contribution in [3.63, 3.8) is 0 Å². The van der Waals surface area contributed by atoms with E-state index < -0.39 is 0 Å². The van der Waals surface area contributed by atoms with Crippen molar-refractivity contribution in [2.45, 2.75) is 44.3 Å². The molecule has 0 atom stereocenters. The molecule has 4 heteroatoms. The van der Waals surface area contributed by atoms with Crippen LogP contribution in [0.15, 0.2) is 12.3 Å². The van der Waals surface area contributed by atoms with Crippen LogP contribution < -0.4 is 5.32 Å². The maximum Gasteiger partial charge on any atom is 0.0518 e. The molecule has 0 spiro atoms. The Morgan fingerprint density at radius 2 is 2.06 bits per heavy atom. The molecule has 0 aromatic carbocycles. The maximum atomic E-state index is 4.19. The van der Waals surface area contributed by atoms with E-state index in [0.29, 0.717) is 6.04 Å². The van der Waals surface area contributed by atoms with Crippen LogP contribution in [0, 0.1) is 0 Å². The Hall–Kier alpha value is -0.870. The smallest absolute Gasteiger partial charge is 0.0518 e. The van der Waals surface area contributed by atoms with Gasteiger partial charge in [-0.05, 0) is 44.8 Å². The van der Waals surface area contributed by atoms with Gasteiger partial charge in [-0.15, -0.1) is 0 Å². The SMILES string of the molecule is Cn1nccc1CNC1CCN(C2CC2)CC1. The molecule has 2 fully saturated rings. The molecule has 0 unspecified atom stereocenters. The van der Waals surface area contributed by atoms with E-state index in [2.05, 4.69) is 21.4 Å². The number of piperidine rings is 1. The number of nitrogens with zero attached hydrogens (tertiary/aromatic N) is 3. The Balaban J connectivity index is 1.43. The Morgan fingerprint density at radius 1 is 1.29 bits per heavy atom. The van der Waals surface area contributed by atoms with Gasteiger partial charge in [0.05, 0.1) is 5.69 Å². The van der Waals surface area contributed by atoms with Crippen LogP contribution in [0.3, 0.4) is 0 Å². The van der Waals surface area contributed by atoms with Crippen LogP contribution in [0.4, 0.5) is 0 Å². The summed E-state index contributed by atoms with van der Waals surface area (Å²) in [5.41, 5.74) is 1.27. The third-order valence-corrected chi connectivity index (χ3v) is 4.09. The van der Waals surface area contributed by atoms with Crippen molar-refractivity contribution < 1.29 is 0 Å². The number of rotatable bonds is 4. The highest BCUT2D eigenvalue weighted by Crippen LogP contribution is 2.29. The quantitative estimate of drug-likeness (QED) is 0.848.